The van der Waals surface area contributed by atoms with Crippen molar-refractivity contribution < 1.29 is 35.5 Å². The molecule has 0 radical (unpaired) electrons. The van der Waals surface area contributed by atoms with E-state index in [9.17, 15) is 35.5 Å². The van der Waals surface area contributed by atoms with Crippen LogP contribution in [0.1, 0.15) is 36.0 Å². The summed E-state index contributed by atoms with van der Waals surface area (Å²) in [5.41, 5.74) is -6.03. The molecule has 1 saturated heterocycles. The summed E-state index contributed by atoms with van der Waals surface area (Å²) in [6.45, 7) is 3.94. The number of nitrogens with zero attached hydrogens (tertiary/aromatic N) is 2. The molecule has 3 heterocycles. The molecule has 1 aromatic rings. The highest BCUT2D eigenvalue weighted by molar-refractivity contribution is 8.04. The number of halogens is 8. The van der Waals surface area contributed by atoms with Crippen LogP contribution in [-0.4, -0.2) is 58.6 Å². The number of rotatable bonds is 5. The van der Waals surface area contributed by atoms with Crippen LogP contribution >= 0.6 is 23.4 Å². The van der Waals surface area contributed by atoms with Crippen LogP contribution in [0.5, 0.6) is 0 Å². The van der Waals surface area contributed by atoms with Gasteiger partial charge in [-0.2, -0.15) is 26.3 Å². The van der Waals surface area contributed by atoms with Crippen molar-refractivity contribution >= 4 is 35.0 Å². The number of hydrogen-bond acceptors (Lipinski definition) is 4. The molecular formula is C26H27ClF7N3OS. The van der Waals surface area contributed by atoms with Crippen molar-refractivity contribution in [1.29, 1.82) is 0 Å². The SMILES string of the molecule is Cc1cc(C(F)(C(F)(F)F)C(F)(F)F)cc(C)c1NC(=O)C1=CSC(Cl)(N2C=C(C3CCCN3C)C=CC2)C1. The molecule has 2 atom stereocenters. The average molecular weight is 598 g/mol. The molecule has 1 aromatic carbocycles. The lowest BCUT2D eigenvalue weighted by Gasteiger charge is -2.37. The van der Waals surface area contributed by atoms with Crippen LogP contribution in [0.2, 0.25) is 0 Å². The van der Waals surface area contributed by atoms with Crippen LogP contribution in [0.15, 0.2) is 47.0 Å². The van der Waals surface area contributed by atoms with Gasteiger partial charge in [0.05, 0.1) is 0 Å². The maximum Gasteiger partial charge on any atom is 0.435 e. The summed E-state index contributed by atoms with van der Waals surface area (Å²) in [6.07, 6.45) is -4.12. The van der Waals surface area contributed by atoms with Crippen molar-refractivity contribution in [1.82, 2.24) is 9.80 Å². The molecule has 0 aliphatic carbocycles. The van der Waals surface area contributed by atoms with E-state index in [1.54, 1.807) is 5.41 Å². The number of likely N-dealkylation sites (tertiary alicyclic amines) is 1. The number of anilines is 1. The molecule has 0 saturated carbocycles. The lowest BCUT2D eigenvalue weighted by atomic mass is 9.90. The minimum atomic E-state index is -6.23. The van der Waals surface area contributed by atoms with Crippen LogP contribution in [0.25, 0.3) is 0 Å². The Balaban J connectivity index is 1.51. The Morgan fingerprint density at radius 3 is 2.26 bits per heavy atom. The summed E-state index contributed by atoms with van der Waals surface area (Å²) in [7, 11) is 2.06. The number of hydrogen-bond donors (Lipinski definition) is 1. The minimum absolute atomic E-state index is 0.000722. The van der Waals surface area contributed by atoms with Crippen molar-refractivity contribution in [2.45, 2.75) is 61.5 Å². The predicted molar refractivity (Wildman–Crippen MR) is 138 cm³/mol. The van der Waals surface area contributed by atoms with Gasteiger partial charge in [0.25, 0.3) is 5.91 Å². The van der Waals surface area contributed by atoms with Crippen LogP contribution < -0.4 is 5.32 Å². The highest BCUT2D eigenvalue weighted by Gasteiger charge is 2.73. The zero-order valence-electron chi connectivity index (χ0n) is 21.3. The van der Waals surface area contributed by atoms with Crippen molar-refractivity contribution in [2.24, 2.45) is 0 Å². The molecule has 0 aromatic heterocycles. The standard InChI is InChI=1S/C26H27ClF7N3OS/c1-15-10-19(24(28,25(29,30)31)26(32,33)34)11-16(2)21(15)35-22(38)18-12-23(27,39-14-18)37-9-4-6-17(13-37)20-7-5-8-36(20)3/h4,6,10-11,13-14,20H,5,7-9,12H2,1-3H3,(H,35,38). The predicted octanol–water partition coefficient (Wildman–Crippen LogP) is 7.29. The maximum atomic E-state index is 14.6. The van der Waals surface area contributed by atoms with Gasteiger partial charge < -0.3 is 10.2 Å². The number of carbonyl (C=O) groups is 1. The fourth-order valence-electron chi connectivity index (χ4n) is 5.16. The Bertz CT molecular complexity index is 1210. The molecule has 13 heteroatoms. The molecule has 1 N–H and O–H groups in total. The van der Waals surface area contributed by atoms with Crippen molar-refractivity contribution in [2.75, 3.05) is 25.5 Å². The van der Waals surface area contributed by atoms with Gasteiger partial charge in [0.2, 0.25) is 0 Å². The number of amides is 1. The molecule has 1 fully saturated rings. The Morgan fingerprint density at radius 2 is 1.72 bits per heavy atom. The second-order valence-corrected chi connectivity index (χ2v) is 12.0. The number of carbonyl (C=O) groups excluding carboxylic acids is 1. The minimum Gasteiger partial charge on any atom is -0.346 e. The highest BCUT2D eigenvalue weighted by Crippen LogP contribution is 2.54. The molecule has 2 unspecified atom stereocenters. The number of likely N-dealkylation sites (N-methyl/N-ethyl adjacent to an activating group) is 1. The van der Waals surface area contributed by atoms with Gasteiger partial charge in [-0.1, -0.05) is 47.6 Å². The maximum absolute atomic E-state index is 14.6. The second-order valence-electron chi connectivity index (χ2n) is 10.0. The lowest BCUT2D eigenvalue weighted by Crippen LogP contribution is -2.50. The third-order valence-corrected chi connectivity index (χ3v) is 9.04. The third kappa shape index (κ3) is 5.44. The molecule has 3 aliphatic heterocycles. The third-order valence-electron chi connectivity index (χ3n) is 7.28. The summed E-state index contributed by atoms with van der Waals surface area (Å²) < 4.78 is 92.9. The Morgan fingerprint density at radius 1 is 1.10 bits per heavy atom. The second kappa shape index (κ2) is 10.3. The normalized spacial score (nSPS) is 24.7. The fraction of sp³-hybridized carbons (Fsp3) is 0.500. The van der Waals surface area contributed by atoms with Crippen LogP contribution in [-0.2, 0) is 10.5 Å². The first-order valence-electron chi connectivity index (χ1n) is 12.1. The van der Waals surface area contributed by atoms with Crippen LogP contribution in [0.3, 0.4) is 0 Å². The number of alkyl halides is 8. The molecule has 3 aliphatic rings. The summed E-state index contributed by atoms with van der Waals surface area (Å²) >= 11 is 8.17. The lowest BCUT2D eigenvalue weighted by molar-refractivity contribution is -0.348. The van der Waals surface area contributed by atoms with E-state index in [-0.39, 0.29) is 29.3 Å². The average Bonchev–Trinajstić information content (AvgIpc) is 3.45. The molecule has 4 nitrogen and oxygen atoms in total. The van der Waals surface area contributed by atoms with Gasteiger partial charge in [0.15, 0.2) is 4.33 Å². The zero-order chi connectivity index (χ0) is 29.0. The largest absolute Gasteiger partial charge is 0.435 e. The molecular weight excluding hydrogens is 571 g/mol. The van der Waals surface area contributed by atoms with Gasteiger partial charge in [-0.25, -0.2) is 4.39 Å². The van der Waals surface area contributed by atoms with Gasteiger partial charge in [-0.3, -0.25) is 9.69 Å². The van der Waals surface area contributed by atoms with E-state index in [0.717, 1.165) is 25.0 Å². The Kier molecular flexibility index (Phi) is 7.90. The van der Waals surface area contributed by atoms with E-state index in [0.29, 0.717) is 24.3 Å². The Labute approximate surface area is 230 Å². The van der Waals surface area contributed by atoms with Crippen molar-refractivity contribution in [3.05, 3.63) is 63.7 Å². The summed E-state index contributed by atoms with van der Waals surface area (Å²) in [5.74, 6) is -0.602. The number of thioether (sulfide) groups is 1. The quantitative estimate of drug-likeness (QED) is 0.220. The van der Waals surface area contributed by atoms with E-state index in [1.165, 1.54) is 25.6 Å². The molecule has 0 spiro atoms. The molecule has 39 heavy (non-hydrogen) atoms. The molecule has 0 bridgehead atoms. The van der Waals surface area contributed by atoms with Crippen LogP contribution in [0, 0.1) is 13.8 Å². The van der Waals surface area contributed by atoms with Crippen LogP contribution in [0.4, 0.5) is 36.4 Å². The summed E-state index contributed by atoms with van der Waals surface area (Å²) in [5, 5.41) is 4.15. The smallest absolute Gasteiger partial charge is 0.346 e. The number of benzene rings is 1. The first kappa shape index (κ1) is 29.8. The van der Waals surface area contributed by atoms with E-state index in [4.69, 9.17) is 11.6 Å². The van der Waals surface area contributed by atoms with Crippen molar-refractivity contribution in [3.63, 3.8) is 0 Å². The summed E-state index contributed by atoms with van der Waals surface area (Å²) in [4.78, 5) is 17.3. The van der Waals surface area contributed by atoms with Gasteiger partial charge in [0, 0.05) is 42.0 Å². The first-order valence-corrected chi connectivity index (χ1v) is 13.4. The van der Waals surface area contributed by atoms with Gasteiger partial charge in [-0.15, -0.1) is 0 Å². The number of nitrogens with one attached hydrogen (secondary N) is 1. The number of aryl methyl sites for hydroxylation is 2. The molecule has 1 amide bonds. The van der Waals surface area contributed by atoms with E-state index in [2.05, 4.69) is 23.3 Å². The monoisotopic (exact) mass is 597 g/mol. The molecule has 214 valence electrons. The topological polar surface area (TPSA) is 35.6 Å². The highest BCUT2D eigenvalue weighted by atomic mass is 35.5. The fourth-order valence-corrected chi connectivity index (χ4v) is 6.57. The zero-order valence-corrected chi connectivity index (χ0v) is 22.9. The van der Waals surface area contributed by atoms with Crippen molar-refractivity contribution in [3.8, 4) is 0 Å². The first-order chi connectivity index (χ1) is 18.0. The summed E-state index contributed by atoms with van der Waals surface area (Å²) in [6, 6.07) is 1.19. The van der Waals surface area contributed by atoms with Gasteiger partial charge in [-0.05, 0) is 62.4 Å². The molecule has 4 rings (SSSR count). The van der Waals surface area contributed by atoms with E-state index in [1.807, 2.05) is 17.2 Å². The Hall–Kier alpha value is -2.18. The van der Waals surface area contributed by atoms with E-state index < -0.39 is 33.8 Å². The van der Waals surface area contributed by atoms with Gasteiger partial charge in [0.1, 0.15) is 0 Å². The van der Waals surface area contributed by atoms with Gasteiger partial charge >= 0.3 is 18.0 Å². The van der Waals surface area contributed by atoms with E-state index >= 15 is 0 Å².